The molecule has 8 heteroatoms. The van der Waals surface area contributed by atoms with Crippen molar-refractivity contribution in [1.29, 1.82) is 0 Å². The summed E-state index contributed by atoms with van der Waals surface area (Å²) in [6.45, 7) is 10.5. The van der Waals surface area contributed by atoms with Crippen LogP contribution < -0.4 is 0 Å². The van der Waals surface area contributed by atoms with Crippen LogP contribution >= 0.6 is 0 Å². The molecule has 0 amide bonds. The molecular formula is C11H24O6SSi. The van der Waals surface area contributed by atoms with Crippen molar-refractivity contribution in [3.05, 3.63) is 0 Å². The van der Waals surface area contributed by atoms with E-state index in [1.165, 1.54) is 0 Å². The van der Waals surface area contributed by atoms with Crippen LogP contribution in [0, 0.1) is 0 Å². The van der Waals surface area contributed by atoms with Gasteiger partial charge in [0.05, 0.1) is 6.26 Å². The summed E-state index contributed by atoms with van der Waals surface area (Å²) in [5, 5.41) is 8.91. The molecule has 6 nitrogen and oxygen atoms in total. The smallest absolute Gasteiger partial charge is 0.334 e. The number of carboxylic acids is 1. The predicted octanol–water partition coefficient (Wildman–Crippen LogP) is 1.83. The van der Waals surface area contributed by atoms with Gasteiger partial charge in [0.25, 0.3) is 10.1 Å². The second-order valence-electron chi connectivity index (χ2n) is 6.02. The Bertz CT molecular complexity index is 409. The van der Waals surface area contributed by atoms with Crippen molar-refractivity contribution in [3.8, 4) is 0 Å². The first-order chi connectivity index (χ1) is 8.26. The lowest BCUT2D eigenvalue weighted by Gasteiger charge is -2.36. The van der Waals surface area contributed by atoms with Crippen molar-refractivity contribution in [2.75, 3.05) is 12.9 Å². The van der Waals surface area contributed by atoms with Crippen LogP contribution in [0.3, 0.4) is 0 Å². The average molecular weight is 312 g/mol. The highest BCUT2D eigenvalue weighted by atomic mass is 32.2. The highest BCUT2D eigenvalue weighted by Crippen LogP contribution is 2.36. The molecule has 0 aliphatic heterocycles. The van der Waals surface area contributed by atoms with E-state index in [9.17, 15) is 13.2 Å². The number of aliphatic carboxylic acids is 1. The largest absolute Gasteiger partial charge is 0.479 e. The van der Waals surface area contributed by atoms with E-state index in [4.69, 9.17) is 9.53 Å². The Labute approximate surface area is 116 Å². The van der Waals surface area contributed by atoms with Gasteiger partial charge in [-0.05, 0) is 18.1 Å². The Balaban J connectivity index is 4.49. The molecule has 114 valence electrons. The van der Waals surface area contributed by atoms with Crippen molar-refractivity contribution in [1.82, 2.24) is 0 Å². The van der Waals surface area contributed by atoms with Gasteiger partial charge in [0, 0.05) is 13.0 Å². The monoisotopic (exact) mass is 312 g/mol. The minimum absolute atomic E-state index is 0.00884. The molecule has 0 aromatic heterocycles. The Morgan fingerprint density at radius 1 is 1.32 bits per heavy atom. The number of rotatable bonds is 7. The fraction of sp³-hybridized carbons (Fsp3) is 0.909. The first-order valence-electron chi connectivity index (χ1n) is 6.01. The minimum Gasteiger partial charge on any atom is -0.479 e. The molecule has 0 saturated carbocycles. The molecule has 0 saturated heterocycles. The van der Waals surface area contributed by atoms with E-state index in [-0.39, 0.29) is 18.1 Å². The molecule has 0 fully saturated rings. The summed E-state index contributed by atoms with van der Waals surface area (Å²) in [7, 11) is -5.75. The molecular weight excluding hydrogens is 288 g/mol. The van der Waals surface area contributed by atoms with Gasteiger partial charge in [-0.3, -0.25) is 4.18 Å². The minimum atomic E-state index is -3.79. The SMILES string of the molecule is CC(C)(C)[Si](C)(C)OCC[C@H](OS(C)(=O)=O)C(=O)O. The second kappa shape index (κ2) is 6.34. The van der Waals surface area contributed by atoms with Gasteiger partial charge in [0.1, 0.15) is 0 Å². The number of carboxylic acid groups (broad SMARTS) is 1. The standard InChI is InChI=1S/C11H24O6SSi/c1-11(2,3)19(5,6)16-8-7-9(10(12)13)17-18(4,14)15/h9H,7-8H2,1-6H3,(H,12,13)/t9-/m0/s1. The Morgan fingerprint density at radius 3 is 2.11 bits per heavy atom. The van der Waals surface area contributed by atoms with Gasteiger partial charge in [-0.15, -0.1) is 0 Å². The molecule has 19 heavy (non-hydrogen) atoms. The fourth-order valence-electron chi connectivity index (χ4n) is 1.06. The zero-order valence-electron chi connectivity index (χ0n) is 12.4. The van der Waals surface area contributed by atoms with Gasteiger partial charge < -0.3 is 9.53 Å². The summed E-state index contributed by atoms with van der Waals surface area (Å²) in [4.78, 5) is 10.9. The van der Waals surface area contributed by atoms with Crippen LogP contribution in [0.5, 0.6) is 0 Å². The molecule has 0 aromatic carbocycles. The highest BCUT2D eigenvalue weighted by molar-refractivity contribution is 7.86. The second-order valence-corrected chi connectivity index (χ2v) is 12.4. The van der Waals surface area contributed by atoms with Gasteiger partial charge >= 0.3 is 5.97 Å². The third-order valence-electron chi connectivity index (χ3n) is 3.22. The summed E-state index contributed by atoms with van der Waals surface area (Å²) in [5.41, 5.74) is 0. The van der Waals surface area contributed by atoms with E-state index < -0.39 is 30.5 Å². The Morgan fingerprint density at radius 2 is 1.79 bits per heavy atom. The van der Waals surface area contributed by atoms with Crippen molar-refractivity contribution in [3.63, 3.8) is 0 Å². The predicted molar refractivity (Wildman–Crippen MR) is 75.1 cm³/mol. The first-order valence-corrected chi connectivity index (χ1v) is 10.7. The molecule has 1 atom stereocenters. The average Bonchev–Trinajstić information content (AvgIpc) is 2.11. The molecule has 0 rings (SSSR count). The molecule has 1 N–H and O–H groups in total. The van der Waals surface area contributed by atoms with Crippen LogP contribution in [0.15, 0.2) is 0 Å². The van der Waals surface area contributed by atoms with Crippen LogP contribution in [0.25, 0.3) is 0 Å². The maximum Gasteiger partial charge on any atom is 0.334 e. The van der Waals surface area contributed by atoms with Crippen molar-refractivity contribution < 1.29 is 26.9 Å². The summed E-state index contributed by atoms with van der Waals surface area (Å²) in [6.07, 6.45) is -0.549. The maximum atomic E-state index is 10.9. The van der Waals surface area contributed by atoms with Crippen LogP contribution in [-0.2, 0) is 23.5 Å². The van der Waals surface area contributed by atoms with E-state index >= 15 is 0 Å². The number of hydrogen-bond acceptors (Lipinski definition) is 5. The molecule has 0 radical (unpaired) electrons. The van der Waals surface area contributed by atoms with Crippen LogP contribution in [0.2, 0.25) is 18.1 Å². The van der Waals surface area contributed by atoms with Crippen molar-refractivity contribution in [2.45, 2.75) is 51.4 Å². The summed E-state index contributed by atoms with van der Waals surface area (Å²) in [6, 6.07) is 0. The fourth-order valence-corrected chi connectivity index (χ4v) is 2.72. The Kier molecular flexibility index (Phi) is 6.19. The molecule has 0 spiro atoms. The zero-order valence-corrected chi connectivity index (χ0v) is 14.2. The first kappa shape index (κ1) is 18.6. The van der Waals surface area contributed by atoms with Crippen LogP contribution in [-0.4, -0.2) is 46.8 Å². The third-order valence-corrected chi connectivity index (χ3v) is 8.34. The number of hydrogen-bond donors (Lipinski definition) is 1. The van der Waals surface area contributed by atoms with Gasteiger partial charge in [-0.2, -0.15) is 8.42 Å². The molecule has 0 heterocycles. The van der Waals surface area contributed by atoms with E-state index in [1.807, 2.05) is 13.1 Å². The van der Waals surface area contributed by atoms with Gasteiger partial charge in [-0.25, -0.2) is 4.79 Å². The molecule has 0 unspecified atom stereocenters. The van der Waals surface area contributed by atoms with Crippen LogP contribution in [0.4, 0.5) is 0 Å². The molecule has 0 bridgehead atoms. The molecule has 0 aliphatic rings. The van der Waals surface area contributed by atoms with Crippen LogP contribution in [0.1, 0.15) is 27.2 Å². The van der Waals surface area contributed by atoms with E-state index in [2.05, 4.69) is 25.0 Å². The van der Waals surface area contributed by atoms with E-state index in [0.717, 1.165) is 6.26 Å². The summed E-state index contributed by atoms with van der Waals surface area (Å²) in [5.74, 6) is -1.30. The van der Waals surface area contributed by atoms with E-state index in [0.29, 0.717) is 0 Å². The summed E-state index contributed by atoms with van der Waals surface area (Å²) < 4.78 is 32.2. The highest BCUT2D eigenvalue weighted by Gasteiger charge is 2.37. The van der Waals surface area contributed by atoms with E-state index in [1.54, 1.807) is 0 Å². The normalized spacial score (nSPS) is 15.3. The topological polar surface area (TPSA) is 89.9 Å². The lowest BCUT2D eigenvalue weighted by Crippen LogP contribution is -2.41. The quantitative estimate of drug-likeness (QED) is 0.570. The van der Waals surface area contributed by atoms with Crippen molar-refractivity contribution in [2.24, 2.45) is 0 Å². The molecule has 0 aromatic rings. The lowest BCUT2D eigenvalue weighted by atomic mass is 10.2. The van der Waals surface area contributed by atoms with Crippen molar-refractivity contribution >= 4 is 24.4 Å². The maximum absolute atomic E-state index is 10.9. The third kappa shape index (κ3) is 7.05. The van der Waals surface area contributed by atoms with Gasteiger partial charge in [-0.1, -0.05) is 20.8 Å². The lowest BCUT2D eigenvalue weighted by molar-refractivity contribution is -0.145. The molecule has 0 aliphatic carbocycles. The Hall–Kier alpha value is -0.443. The number of carbonyl (C=O) groups is 1. The zero-order chi connectivity index (χ0) is 15.5. The summed E-state index contributed by atoms with van der Waals surface area (Å²) >= 11 is 0. The van der Waals surface area contributed by atoms with Gasteiger partial charge in [0.15, 0.2) is 14.4 Å². The van der Waals surface area contributed by atoms with Gasteiger partial charge in [0.2, 0.25) is 0 Å².